The van der Waals surface area contributed by atoms with Crippen LogP contribution >= 0.6 is 0 Å². The summed E-state index contributed by atoms with van der Waals surface area (Å²) in [5, 5.41) is 13.0. The van der Waals surface area contributed by atoms with Gasteiger partial charge in [0.1, 0.15) is 13.2 Å². The first-order chi connectivity index (χ1) is 9.23. The zero-order chi connectivity index (χ0) is 13.7. The summed E-state index contributed by atoms with van der Waals surface area (Å²) >= 11 is 0. The standard InChI is InChI=1S/C15H23NO3/c1-3-15(4-2,11-17)10-16-12-5-6-13-14(9-12)19-8-7-18-13/h5-6,9,16-17H,3-4,7-8,10-11H2,1-2H3. The summed E-state index contributed by atoms with van der Waals surface area (Å²) in [6.07, 6.45) is 1.91. The van der Waals surface area contributed by atoms with E-state index in [9.17, 15) is 5.11 Å². The number of fused-ring (bicyclic) bond motifs is 1. The van der Waals surface area contributed by atoms with Gasteiger partial charge in [-0.2, -0.15) is 0 Å². The molecule has 0 aromatic heterocycles. The summed E-state index contributed by atoms with van der Waals surface area (Å²) in [4.78, 5) is 0. The molecule has 0 radical (unpaired) electrons. The lowest BCUT2D eigenvalue weighted by atomic mass is 9.83. The first kappa shape index (κ1) is 14.0. The van der Waals surface area contributed by atoms with Crippen molar-refractivity contribution in [1.29, 1.82) is 0 Å². The van der Waals surface area contributed by atoms with Crippen molar-refractivity contribution in [2.45, 2.75) is 26.7 Å². The van der Waals surface area contributed by atoms with Crippen molar-refractivity contribution in [3.8, 4) is 11.5 Å². The Hall–Kier alpha value is -1.42. The van der Waals surface area contributed by atoms with Crippen LogP contribution in [-0.4, -0.2) is 31.5 Å². The van der Waals surface area contributed by atoms with Crippen LogP contribution < -0.4 is 14.8 Å². The SMILES string of the molecule is CCC(CC)(CO)CNc1ccc2c(c1)OCCO2. The fourth-order valence-corrected chi connectivity index (χ4v) is 2.22. The van der Waals surface area contributed by atoms with Crippen LogP contribution in [0.1, 0.15) is 26.7 Å². The molecule has 0 unspecified atom stereocenters. The number of anilines is 1. The van der Waals surface area contributed by atoms with E-state index in [1.54, 1.807) is 0 Å². The second kappa shape index (κ2) is 6.15. The number of aliphatic hydroxyl groups is 1. The summed E-state index contributed by atoms with van der Waals surface area (Å²) in [6, 6.07) is 5.87. The summed E-state index contributed by atoms with van der Waals surface area (Å²) in [5.74, 6) is 1.59. The number of hydrogen-bond donors (Lipinski definition) is 2. The zero-order valence-corrected chi connectivity index (χ0v) is 11.7. The highest BCUT2D eigenvalue weighted by molar-refractivity contribution is 5.55. The molecule has 1 aliphatic heterocycles. The topological polar surface area (TPSA) is 50.7 Å². The highest BCUT2D eigenvalue weighted by Crippen LogP contribution is 2.33. The number of rotatable bonds is 6. The first-order valence-corrected chi connectivity index (χ1v) is 6.97. The summed E-state index contributed by atoms with van der Waals surface area (Å²) < 4.78 is 11.1. The third kappa shape index (κ3) is 3.13. The minimum atomic E-state index is -0.0484. The van der Waals surface area contributed by atoms with Crippen molar-refractivity contribution < 1.29 is 14.6 Å². The minimum absolute atomic E-state index is 0.0484. The smallest absolute Gasteiger partial charge is 0.163 e. The first-order valence-electron chi connectivity index (χ1n) is 6.97. The summed E-state index contributed by atoms with van der Waals surface area (Å²) in [5.41, 5.74) is 0.955. The average Bonchev–Trinajstić information content (AvgIpc) is 2.49. The highest BCUT2D eigenvalue weighted by atomic mass is 16.6. The van der Waals surface area contributed by atoms with Gasteiger partial charge in [-0.05, 0) is 25.0 Å². The van der Waals surface area contributed by atoms with Gasteiger partial charge in [-0.1, -0.05) is 13.8 Å². The molecule has 0 atom stereocenters. The Morgan fingerprint density at radius 3 is 2.47 bits per heavy atom. The van der Waals surface area contributed by atoms with Crippen LogP contribution in [0.15, 0.2) is 18.2 Å². The second-order valence-corrected chi connectivity index (χ2v) is 5.08. The van der Waals surface area contributed by atoms with E-state index in [1.807, 2.05) is 18.2 Å². The molecule has 2 N–H and O–H groups in total. The molecule has 0 saturated carbocycles. The van der Waals surface area contributed by atoms with Gasteiger partial charge in [0.25, 0.3) is 0 Å². The molecule has 1 aromatic rings. The fraction of sp³-hybridized carbons (Fsp3) is 0.600. The Balaban J connectivity index is 2.03. The highest BCUT2D eigenvalue weighted by Gasteiger charge is 2.25. The third-order valence-electron chi connectivity index (χ3n) is 4.05. The maximum atomic E-state index is 9.56. The molecule has 106 valence electrons. The second-order valence-electron chi connectivity index (χ2n) is 5.08. The summed E-state index contributed by atoms with van der Waals surface area (Å²) in [7, 11) is 0. The lowest BCUT2D eigenvalue weighted by Gasteiger charge is -2.30. The molecule has 0 bridgehead atoms. The predicted octanol–water partition coefficient (Wildman–Crippen LogP) is 2.67. The Labute approximate surface area is 114 Å². The monoisotopic (exact) mass is 265 g/mol. The van der Waals surface area contributed by atoms with Gasteiger partial charge in [0.15, 0.2) is 11.5 Å². The van der Waals surface area contributed by atoms with Gasteiger partial charge < -0.3 is 19.9 Å². The lowest BCUT2D eigenvalue weighted by Crippen LogP contribution is -2.32. The molecule has 0 amide bonds. The van der Waals surface area contributed by atoms with Crippen molar-refractivity contribution in [1.82, 2.24) is 0 Å². The average molecular weight is 265 g/mol. The number of hydrogen-bond acceptors (Lipinski definition) is 4. The van der Waals surface area contributed by atoms with Gasteiger partial charge in [-0.15, -0.1) is 0 Å². The van der Waals surface area contributed by atoms with Gasteiger partial charge in [0, 0.05) is 23.7 Å². The van der Waals surface area contributed by atoms with Crippen LogP contribution in [0.25, 0.3) is 0 Å². The summed E-state index contributed by atoms with van der Waals surface area (Å²) in [6.45, 7) is 6.41. The largest absolute Gasteiger partial charge is 0.486 e. The zero-order valence-electron chi connectivity index (χ0n) is 11.7. The van der Waals surface area contributed by atoms with E-state index in [-0.39, 0.29) is 12.0 Å². The lowest BCUT2D eigenvalue weighted by molar-refractivity contribution is 0.127. The Bertz CT molecular complexity index is 408. The number of nitrogens with one attached hydrogen (secondary N) is 1. The molecule has 0 spiro atoms. The quantitative estimate of drug-likeness (QED) is 0.830. The number of ether oxygens (including phenoxy) is 2. The number of aliphatic hydroxyl groups excluding tert-OH is 1. The predicted molar refractivity (Wildman–Crippen MR) is 76.0 cm³/mol. The molecule has 1 heterocycles. The van der Waals surface area contributed by atoms with E-state index in [4.69, 9.17) is 9.47 Å². The molecule has 0 fully saturated rings. The molecule has 1 aromatic carbocycles. The molecular weight excluding hydrogens is 242 g/mol. The van der Waals surface area contributed by atoms with Crippen molar-refractivity contribution in [3.05, 3.63) is 18.2 Å². The molecular formula is C15H23NO3. The molecule has 2 rings (SSSR count). The van der Waals surface area contributed by atoms with Crippen molar-refractivity contribution in [2.75, 3.05) is 31.7 Å². The van der Waals surface area contributed by atoms with E-state index in [2.05, 4.69) is 19.2 Å². The van der Waals surface area contributed by atoms with Crippen LogP contribution in [0, 0.1) is 5.41 Å². The van der Waals surface area contributed by atoms with Crippen molar-refractivity contribution in [3.63, 3.8) is 0 Å². The van der Waals surface area contributed by atoms with Crippen LogP contribution in [0.4, 0.5) is 5.69 Å². The molecule has 4 heteroatoms. The van der Waals surface area contributed by atoms with Crippen LogP contribution in [0.5, 0.6) is 11.5 Å². The van der Waals surface area contributed by atoms with E-state index in [1.165, 1.54) is 0 Å². The maximum absolute atomic E-state index is 9.56. The fourth-order valence-electron chi connectivity index (χ4n) is 2.22. The van der Waals surface area contributed by atoms with Gasteiger partial charge in [0.2, 0.25) is 0 Å². The maximum Gasteiger partial charge on any atom is 0.163 e. The molecule has 0 aliphatic carbocycles. The van der Waals surface area contributed by atoms with Gasteiger partial charge >= 0.3 is 0 Å². The molecule has 4 nitrogen and oxygen atoms in total. The Morgan fingerprint density at radius 1 is 1.16 bits per heavy atom. The van der Waals surface area contributed by atoms with Crippen LogP contribution in [-0.2, 0) is 0 Å². The number of benzene rings is 1. The Kier molecular flexibility index (Phi) is 4.53. The Morgan fingerprint density at radius 2 is 1.84 bits per heavy atom. The van der Waals surface area contributed by atoms with E-state index in [0.29, 0.717) is 13.2 Å². The molecule has 19 heavy (non-hydrogen) atoms. The normalized spacial score (nSPS) is 14.3. The van der Waals surface area contributed by atoms with Crippen molar-refractivity contribution >= 4 is 5.69 Å². The van der Waals surface area contributed by atoms with E-state index >= 15 is 0 Å². The van der Waals surface area contributed by atoms with Gasteiger partial charge in [0.05, 0.1) is 6.61 Å². The molecule has 1 aliphatic rings. The third-order valence-corrected chi connectivity index (χ3v) is 4.05. The van der Waals surface area contributed by atoms with Gasteiger partial charge in [-0.3, -0.25) is 0 Å². The van der Waals surface area contributed by atoms with E-state index in [0.717, 1.165) is 36.6 Å². The van der Waals surface area contributed by atoms with Gasteiger partial charge in [-0.25, -0.2) is 0 Å². The van der Waals surface area contributed by atoms with E-state index < -0.39 is 0 Å². The van der Waals surface area contributed by atoms with Crippen LogP contribution in [0.3, 0.4) is 0 Å². The minimum Gasteiger partial charge on any atom is -0.486 e. The van der Waals surface area contributed by atoms with Crippen molar-refractivity contribution in [2.24, 2.45) is 5.41 Å². The molecule has 0 saturated heterocycles. The van der Waals surface area contributed by atoms with Crippen LogP contribution in [0.2, 0.25) is 0 Å².